The van der Waals surface area contributed by atoms with E-state index in [1.807, 2.05) is 47.1 Å². The van der Waals surface area contributed by atoms with Crippen LogP contribution in [0.2, 0.25) is 0 Å². The van der Waals surface area contributed by atoms with Crippen LogP contribution in [0.1, 0.15) is 70.4 Å². The Balaban J connectivity index is 1.15. The van der Waals surface area contributed by atoms with E-state index in [2.05, 4.69) is 11.4 Å². The van der Waals surface area contributed by atoms with Gasteiger partial charge >= 0.3 is 0 Å². The van der Waals surface area contributed by atoms with Gasteiger partial charge < -0.3 is 19.9 Å². The smallest absolute Gasteiger partial charge is 0.254 e. The van der Waals surface area contributed by atoms with Crippen molar-refractivity contribution in [2.24, 2.45) is 5.92 Å². The van der Waals surface area contributed by atoms with Gasteiger partial charge in [0.1, 0.15) is 11.6 Å². The average Bonchev–Trinajstić information content (AvgIpc) is 3.04. The van der Waals surface area contributed by atoms with Crippen LogP contribution in [-0.4, -0.2) is 59.8 Å². The number of carbonyl (C=O) groups is 3. The number of amides is 3. The number of hydrogen-bond acceptors (Lipinski definition) is 4. The van der Waals surface area contributed by atoms with E-state index in [0.717, 1.165) is 36.8 Å². The molecule has 43 heavy (non-hydrogen) atoms. The first-order valence-corrected chi connectivity index (χ1v) is 15.2. The highest BCUT2D eigenvalue weighted by atomic mass is 19.1. The van der Waals surface area contributed by atoms with Crippen molar-refractivity contribution in [2.45, 2.75) is 64.1 Å². The number of nitrogens with zero attached hydrogens (tertiary/aromatic N) is 2. The number of halogens is 1. The monoisotopic (exact) mass is 585 g/mol. The summed E-state index contributed by atoms with van der Waals surface area (Å²) in [5, 5.41) is 3.26. The Morgan fingerprint density at radius 2 is 1.58 bits per heavy atom. The Bertz CT molecular complexity index is 1430. The minimum absolute atomic E-state index is 0.0251. The van der Waals surface area contributed by atoms with Gasteiger partial charge in [0.25, 0.3) is 11.8 Å². The molecule has 3 amide bonds. The maximum absolute atomic E-state index is 13.6. The number of benzene rings is 3. The van der Waals surface area contributed by atoms with Gasteiger partial charge in [0.05, 0.1) is 7.11 Å². The maximum atomic E-state index is 13.6. The third-order valence-corrected chi connectivity index (χ3v) is 8.74. The molecule has 1 aliphatic heterocycles. The van der Waals surface area contributed by atoms with Crippen molar-refractivity contribution in [2.75, 3.05) is 20.2 Å². The predicted octanol–water partition coefficient (Wildman–Crippen LogP) is 5.76. The molecule has 2 fully saturated rings. The normalized spacial score (nSPS) is 19.0. The lowest BCUT2D eigenvalue weighted by Crippen LogP contribution is -2.48. The lowest BCUT2D eigenvalue weighted by atomic mass is 9.88. The summed E-state index contributed by atoms with van der Waals surface area (Å²) in [6.45, 7) is 3.60. The number of nitrogens with one attached hydrogen (secondary N) is 1. The number of piperidine rings is 1. The van der Waals surface area contributed by atoms with Crippen LogP contribution in [-0.2, 0) is 11.3 Å². The molecule has 0 unspecified atom stereocenters. The van der Waals surface area contributed by atoms with Gasteiger partial charge in [-0.1, -0.05) is 35.9 Å². The minimum atomic E-state index is -0.368. The number of aryl methyl sites for hydroxylation is 1. The lowest BCUT2D eigenvalue weighted by molar-refractivity contribution is -0.127. The Morgan fingerprint density at radius 3 is 2.26 bits per heavy atom. The molecule has 0 radical (unpaired) electrons. The Hall–Kier alpha value is -4.20. The molecule has 2 aliphatic rings. The highest BCUT2D eigenvalue weighted by Crippen LogP contribution is 2.28. The molecule has 1 heterocycles. The molecule has 1 aliphatic carbocycles. The van der Waals surface area contributed by atoms with E-state index in [1.165, 1.54) is 12.1 Å². The zero-order valence-electron chi connectivity index (χ0n) is 24.9. The topological polar surface area (TPSA) is 79.0 Å². The molecule has 3 aromatic rings. The number of rotatable bonds is 8. The second-order valence-electron chi connectivity index (χ2n) is 11.7. The first-order valence-electron chi connectivity index (χ1n) is 15.2. The van der Waals surface area contributed by atoms with Gasteiger partial charge in [-0.25, -0.2) is 4.39 Å². The van der Waals surface area contributed by atoms with Gasteiger partial charge in [-0.2, -0.15) is 0 Å². The molecule has 8 heteroatoms. The molecular weight excluding hydrogens is 545 g/mol. The molecule has 226 valence electrons. The van der Waals surface area contributed by atoms with E-state index in [4.69, 9.17) is 4.74 Å². The highest BCUT2D eigenvalue weighted by molar-refractivity contribution is 5.95. The van der Waals surface area contributed by atoms with Gasteiger partial charge in [0.15, 0.2) is 0 Å². The largest absolute Gasteiger partial charge is 0.497 e. The quantitative estimate of drug-likeness (QED) is 0.364. The van der Waals surface area contributed by atoms with Crippen LogP contribution in [0.15, 0.2) is 72.8 Å². The van der Waals surface area contributed by atoms with Crippen molar-refractivity contribution in [3.05, 3.63) is 101 Å². The van der Waals surface area contributed by atoms with E-state index in [0.29, 0.717) is 49.4 Å². The molecule has 7 nitrogen and oxygen atoms in total. The highest BCUT2D eigenvalue weighted by Gasteiger charge is 2.33. The molecule has 1 saturated carbocycles. The zero-order valence-corrected chi connectivity index (χ0v) is 24.9. The van der Waals surface area contributed by atoms with Crippen molar-refractivity contribution in [1.82, 2.24) is 15.1 Å². The lowest BCUT2D eigenvalue weighted by Gasteiger charge is -2.38. The van der Waals surface area contributed by atoms with Crippen LogP contribution in [0, 0.1) is 18.7 Å². The van der Waals surface area contributed by atoms with E-state index >= 15 is 0 Å². The SMILES string of the molecule is COc1cccc(C(=O)N2CCC(C(=O)NC3CCC(N(Cc4cccc(C)c4)C(=O)c4ccc(F)cc4)CC3)CC2)c1. The van der Waals surface area contributed by atoms with Crippen LogP contribution in [0.3, 0.4) is 0 Å². The van der Waals surface area contributed by atoms with Gasteiger partial charge in [-0.05, 0) is 93.5 Å². The van der Waals surface area contributed by atoms with Crippen LogP contribution >= 0.6 is 0 Å². The second kappa shape index (κ2) is 13.8. The summed E-state index contributed by atoms with van der Waals surface area (Å²) in [5.41, 5.74) is 3.25. The molecule has 5 rings (SSSR count). The van der Waals surface area contributed by atoms with Gasteiger partial charge in [-0.3, -0.25) is 14.4 Å². The summed E-state index contributed by atoms with van der Waals surface area (Å²) in [4.78, 5) is 43.5. The van der Waals surface area contributed by atoms with Gasteiger partial charge in [0, 0.05) is 48.8 Å². The fourth-order valence-corrected chi connectivity index (χ4v) is 6.27. The van der Waals surface area contributed by atoms with Crippen molar-refractivity contribution in [1.29, 1.82) is 0 Å². The zero-order chi connectivity index (χ0) is 30.3. The Morgan fingerprint density at radius 1 is 0.884 bits per heavy atom. The van der Waals surface area contributed by atoms with Crippen molar-refractivity contribution in [3.8, 4) is 5.75 Å². The number of ether oxygens (including phenoxy) is 1. The van der Waals surface area contributed by atoms with Crippen molar-refractivity contribution >= 4 is 17.7 Å². The van der Waals surface area contributed by atoms with Crippen LogP contribution in [0.4, 0.5) is 4.39 Å². The van der Waals surface area contributed by atoms with E-state index in [1.54, 1.807) is 31.4 Å². The molecular formula is C35H40FN3O4. The molecule has 3 aromatic carbocycles. The number of carbonyl (C=O) groups excluding carboxylic acids is 3. The first-order chi connectivity index (χ1) is 20.8. The summed E-state index contributed by atoms with van der Waals surface area (Å²) >= 11 is 0. The fraction of sp³-hybridized carbons (Fsp3) is 0.400. The van der Waals surface area contributed by atoms with Crippen molar-refractivity contribution in [3.63, 3.8) is 0 Å². The first kappa shape index (κ1) is 30.3. The third kappa shape index (κ3) is 7.61. The number of likely N-dealkylation sites (tertiary alicyclic amines) is 1. The van der Waals surface area contributed by atoms with Crippen LogP contribution in [0.5, 0.6) is 5.75 Å². The molecule has 1 N–H and O–H groups in total. The standard InChI is InChI=1S/C35H40FN3O4/c1-24-5-3-6-25(21-24)23-39(35(42)27-9-11-29(36)12-10-27)31-15-13-30(14-16-31)37-33(40)26-17-19-38(20-18-26)34(41)28-7-4-8-32(22-28)43-2/h3-12,21-22,26,30-31H,13-20,23H2,1-2H3,(H,37,40). The Labute approximate surface area is 253 Å². The Kier molecular flexibility index (Phi) is 9.75. The summed E-state index contributed by atoms with van der Waals surface area (Å²) in [5.74, 6) is 0.0618. The third-order valence-electron chi connectivity index (χ3n) is 8.74. The average molecular weight is 586 g/mol. The summed E-state index contributed by atoms with van der Waals surface area (Å²) in [6, 6.07) is 21.1. The molecule has 0 aromatic heterocycles. The summed E-state index contributed by atoms with van der Waals surface area (Å²) < 4.78 is 18.8. The molecule has 0 bridgehead atoms. The van der Waals surface area contributed by atoms with Crippen LogP contribution in [0.25, 0.3) is 0 Å². The van der Waals surface area contributed by atoms with E-state index in [9.17, 15) is 18.8 Å². The maximum Gasteiger partial charge on any atom is 0.254 e. The van der Waals surface area contributed by atoms with Crippen LogP contribution < -0.4 is 10.1 Å². The summed E-state index contributed by atoms with van der Waals surface area (Å²) in [6.07, 6.45) is 4.38. The predicted molar refractivity (Wildman–Crippen MR) is 163 cm³/mol. The van der Waals surface area contributed by atoms with E-state index in [-0.39, 0.29) is 41.5 Å². The fourth-order valence-electron chi connectivity index (χ4n) is 6.27. The number of methoxy groups -OCH3 is 1. The van der Waals surface area contributed by atoms with E-state index < -0.39 is 0 Å². The van der Waals surface area contributed by atoms with Gasteiger partial charge in [-0.15, -0.1) is 0 Å². The number of hydrogen-bond donors (Lipinski definition) is 1. The molecule has 0 atom stereocenters. The molecule has 0 spiro atoms. The minimum Gasteiger partial charge on any atom is -0.497 e. The van der Waals surface area contributed by atoms with Gasteiger partial charge in [0.2, 0.25) is 5.91 Å². The van der Waals surface area contributed by atoms with Crippen molar-refractivity contribution < 1.29 is 23.5 Å². The summed E-state index contributed by atoms with van der Waals surface area (Å²) in [7, 11) is 1.58. The second-order valence-corrected chi connectivity index (χ2v) is 11.7. The molecule has 1 saturated heterocycles.